The Labute approximate surface area is 350 Å². The van der Waals surface area contributed by atoms with Crippen molar-refractivity contribution in [2.75, 3.05) is 120 Å². The van der Waals surface area contributed by atoms with Crippen LogP contribution in [0.2, 0.25) is 5.02 Å². The first kappa shape index (κ1) is 48.8. The molecule has 59 heavy (non-hydrogen) atoms. The van der Waals surface area contributed by atoms with E-state index in [4.69, 9.17) is 56.2 Å². The Morgan fingerprint density at radius 3 is 1.92 bits per heavy atom. The summed E-state index contributed by atoms with van der Waals surface area (Å²) in [6.07, 6.45) is 2.14. The highest BCUT2D eigenvalue weighted by Gasteiger charge is 2.13. The molecule has 0 bridgehead atoms. The van der Waals surface area contributed by atoms with Gasteiger partial charge in [-0.2, -0.15) is 4.99 Å². The van der Waals surface area contributed by atoms with Gasteiger partial charge in [0.25, 0.3) is 5.95 Å². The number of hydrogen-bond donors (Lipinski definition) is 4. The highest BCUT2D eigenvalue weighted by atomic mass is 35.5. The highest BCUT2D eigenvalue weighted by Crippen LogP contribution is 2.31. The van der Waals surface area contributed by atoms with Gasteiger partial charge in [0.15, 0.2) is 5.96 Å². The van der Waals surface area contributed by atoms with Crippen LogP contribution in [-0.4, -0.2) is 158 Å². The Morgan fingerprint density at radius 2 is 1.31 bits per heavy atom. The zero-order valence-electron chi connectivity index (χ0n) is 34.1. The standard InChI is InChI=1S/C40H59ClN8O10/c1-49(28-32(50)7-4-14-53-2)29-33(51)8-5-15-54-18-19-55-16-12-44-40(52)45-13-17-56-20-21-57-22-23-58-24-25-59-34-9-3-6-30(26-34)37-35-27-31(41)10-11-36(35)46-39(47-37)48-38(42)43/h3,6,9-11,26-27H,4-5,7-8,12-25,28-29H2,1-2H3,(H2,44,45,52)(H4,42,43,46,47,48). The lowest BCUT2D eigenvalue weighted by atomic mass is 10.1. The lowest BCUT2D eigenvalue weighted by molar-refractivity contribution is -0.122. The van der Waals surface area contributed by atoms with Gasteiger partial charge in [-0.3, -0.25) is 14.5 Å². The first-order valence-electron chi connectivity index (χ1n) is 19.6. The fourth-order valence-electron chi connectivity index (χ4n) is 5.43. The van der Waals surface area contributed by atoms with Crippen molar-refractivity contribution in [2.24, 2.45) is 16.5 Å². The number of benzene rings is 2. The van der Waals surface area contributed by atoms with Gasteiger partial charge >= 0.3 is 6.03 Å². The molecule has 6 N–H and O–H groups in total. The number of carbonyl (C=O) groups excluding carboxylic acids is 3. The lowest BCUT2D eigenvalue weighted by Gasteiger charge is -2.14. The number of urea groups is 1. The summed E-state index contributed by atoms with van der Waals surface area (Å²) in [7, 11) is 3.37. The summed E-state index contributed by atoms with van der Waals surface area (Å²) < 4.78 is 38.5. The molecule has 2 aromatic carbocycles. The van der Waals surface area contributed by atoms with Crippen LogP contribution in [0, 0.1) is 0 Å². The molecule has 0 spiro atoms. The molecule has 0 saturated heterocycles. The molecule has 0 unspecified atom stereocenters. The zero-order valence-corrected chi connectivity index (χ0v) is 34.8. The average Bonchev–Trinajstić information content (AvgIpc) is 3.20. The number of carbonyl (C=O) groups is 3. The van der Waals surface area contributed by atoms with Crippen LogP contribution in [0.25, 0.3) is 22.2 Å². The molecule has 1 aromatic heterocycles. The van der Waals surface area contributed by atoms with Crippen molar-refractivity contribution < 1.29 is 47.5 Å². The molecule has 0 fully saturated rings. The van der Waals surface area contributed by atoms with Gasteiger partial charge in [-0.15, -0.1) is 0 Å². The maximum atomic E-state index is 12.1. The number of ketones is 2. The second-order valence-electron chi connectivity index (χ2n) is 13.1. The molecule has 0 radical (unpaired) electrons. The maximum Gasteiger partial charge on any atom is 0.314 e. The minimum atomic E-state index is -0.313. The Kier molecular flexibility index (Phi) is 24.5. The normalized spacial score (nSPS) is 11.2. The lowest BCUT2D eigenvalue weighted by Crippen LogP contribution is -2.39. The quantitative estimate of drug-likeness (QED) is 0.0392. The van der Waals surface area contributed by atoms with E-state index in [1.807, 2.05) is 24.3 Å². The van der Waals surface area contributed by atoms with Crippen molar-refractivity contribution in [3.8, 4) is 17.0 Å². The first-order chi connectivity index (χ1) is 28.6. The average molecular weight is 847 g/mol. The predicted molar refractivity (Wildman–Crippen MR) is 224 cm³/mol. The highest BCUT2D eigenvalue weighted by molar-refractivity contribution is 6.31. The fraction of sp³-hybridized carbons (Fsp3) is 0.550. The van der Waals surface area contributed by atoms with E-state index in [0.717, 1.165) is 10.9 Å². The van der Waals surface area contributed by atoms with E-state index < -0.39 is 0 Å². The topological polar surface area (TPSA) is 233 Å². The number of ether oxygens (including phenoxy) is 7. The number of nitrogens with two attached hydrogens (primary N) is 2. The molecule has 1 heterocycles. The Hall–Kier alpha value is -4.53. The van der Waals surface area contributed by atoms with Crippen LogP contribution in [0.1, 0.15) is 25.7 Å². The second-order valence-corrected chi connectivity index (χ2v) is 13.6. The smallest absolute Gasteiger partial charge is 0.314 e. The van der Waals surface area contributed by atoms with Crippen molar-refractivity contribution >= 4 is 52.0 Å². The number of rotatable bonds is 33. The molecule has 0 aliphatic heterocycles. The van der Waals surface area contributed by atoms with Crippen molar-refractivity contribution in [3.05, 3.63) is 47.5 Å². The summed E-state index contributed by atoms with van der Waals surface area (Å²) in [5.41, 5.74) is 13.1. The molecule has 0 saturated carbocycles. The van der Waals surface area contributed by atoms with Crippen molar-refractivity contribution in [1.82, 2.24) is 25.5 Å². The van der Waals surface area contributed by atoms with Crippen LogP contribution >= 0.6 is 11.6 Å². The number of fused-ring (bicyclic) bond motifs is 1. The third kappa shape index (κ3) is 21.9. The molecule has 0 aliphatic carbocycles. The van der Waals surface area contributed by atoms with Crippen LogP contribution in [-0.2, 0) is 38.0 Å². The number of guanidine groups is 1. The number of hydrogen-bond acceptors (Lipinski definition) is 14. The minimum absolute atomic E-state index is 0.0731. The molecule has 3 rings (SSSR count). The number of methoxy groups -OCH3 is 1. The largest absolute Gasteiger partial charge is 0.491 e. The zero-order chi connectivity index (χ0) is 42.5. The van der Waals surface area contributed by atoms with E-state index in [-0.39, 0.29) is 42.6 Å². The van der Waals surface area contributed by atoms with Crippen LogP contribution in [0.3, 0.4) is 0 Å². The number of nitrogens with zero attached hydrogens (tertiary/aromatic N) is 4. The third-order valence-corrected chi connectivity index (χ3v) is 8.33. The van der Waals surface area contributed by atoms with E-state index in [1.54, 1.807) is 37.3 Å². The summed E-state index contributed by atoms with van der Waals surface area (Å²) in [6, 6.07) is 12.5. The van der Waals surface area contributed by atoms with Gasteiger partial charge in [0.2, 0.25) is 0 Å². The van der Waals surface area contributed by atoms with Gasteiger partial charge in [0.1, 0.15) is 23.9 Å². The van der Waals surface area contributed by atoms with E-state index in [1.165, 1.54) is 0 Å². The maximum absolute atomic E-state index is 12.1. The van der Waals surface area contributed by atoms with E-state index in [9.17, 15) is 14.4 Å². The Morgan fingerprint density at radius 1 is 0.729 bits per heavy atom. The number of aliphatic imine (C=N–C) groups is 1. The van der Waals surface area contributed by atoms with Gasteiger partial charge in [-0.1, -0.05) is 23.7 Å². The fourth-order valence-corrected chi connectivity index (χ4v) is 5.60. The molecule has 18 nitrogen and oxygen atoms in total. The summed E-state index contributed by atoms with van der Waals surface area (Å²) >= 11 is 6.26. The Balaban J connectivity index is 1.10. The Bertz CT molecular complexity index is 1730. The first-order valence-corrected chi connectivity index (χ1v) is 19.9. The van der Waals surface area contributed by atoms with Gasteiger partial charge in [-0.25, -0.2) is 14.8 Å². The number of aromatic nitrogens is 2. The van der Waals surface area contributed by atoms with Gasteiger partial charge < -0.3 is 55.3 Å². The van der Waals surface area contributed by atoms with Crippen molar-refractivity contribution in [2.45, 2.75) is 25.7 Å². The summed E-state index contributed by atoms with van der Waals surface area (Å²) in [6.45, 7) is 5.92. The second kappa shape index (κ2) is 29.6. The molecule has 0 aliphatic rings. The molecular weight excluding hydrogens is 788 g/mol. The molecule has 3 aromatic rings. The van der Waals surface area contributed by atoms with E-state index in [0.29, 0.717) is 140 Å². The molecular formula is C40H59ClN8O10. The van der Waals surface area contributed by atoms with Crippen molar-refractivity contribution in [1.29, 1.82) is 0 Å². The van der Waals surface area contributed by atoms with E-state index >= 15 is 0 Å². The number of nitrogens with one attached hydrogen (secondary N) is 2. The summed E-state index contributed by atoms with van der Waals surface area (Å²) in [5.74, 6) is 0.806. The molecule has 2 amide bonds. The SMILES string of the molecule is COCCCC(=O)CN(C)CC(=O)CCCOCCOCCNC(=O)NCCOCCOCCOCCOc1cccc(-c2nc(N=C(N)N)nc3ccc(Cl)cc23)c1. The predicted octanol–water partition coefficient (Wildman–Crippen LogP) is 2.89. The van der Waals surface area contributed by atoms with Crippen LogP contribution in [0.15, 0.2) is 47.5 Å². The van der Waals surface area contributed by atoms with Crippen LogP contribution < -0.4 is 26.8 Å². The van der Waals surface area contributed by atoms with Crippen LogP contribution in [0.5, 0.6) is 5.75 Å². The number of halogens is 1. The monoisotopic (exact) mass is 846 g/mol. The molecule has 19 heteroatoms. The van der Waals surface area contributed by atoms with Gasteiger partial charge in [-0.05, 0) is 50.2 Å². The van der Waals surface area contributed by atoms with Gasteiger partial charge in [0, 0.05) is 62.2 Å². The van der Waals surface area contributed by atoms with Crippen LogP contribution in [0.4, 0.5) is 10.7 Å². The number of Topliss-reactive ketones (excluding diaryl/α,β-unsaturated/α-hetero) is 2. The van der Waals surface area contributed by atoms with E-state index in [2.05, 4.69) is 25.6 Å². The van der Waals surface area contributed by atoms with Gasteiger partial charge in [0.05, 0.1) is 83.8 Å². The van der Waals surface area contributed by atoms with Crippen molar-refractivity contribution in [3.63, 3.8) is 0 Å². The number of likely N-dealkylation sites (N-methyl/N-ethyl adjacent to an activating group) is 1. The molecule has 326 valence electrons. The third-order valence-electron chi connectivity index (χ3n) is 8.10. The minimum Gasteiger partial charge on any atom is -0.491 e. The summed E-state index contributed by atoms with van der Waals surface area (Å²) in [5, 5.41) is 6.73. The summed E-state index contributed by atoms with van der Waals surface area (Å²) in [4.78, 5) is 50.7. The number of amides is 2. The molecule has 0 atom stereocenters.